The monoisotopic (exact) mass is 355 g/mol. The van der Waals surface area contributed by atoms with Gasteiger partial charge in [-0.05, 0) is 36.1 Å². The number of ether oxygens (including phenoxy) is 2. The maximum Gasteiger partial charge on any atom is 0.573 e. The average molecular weight is 355 g/mol. The Bertz CT molecular complexity index is 685. The number of nitrogens with one attached hydrogen (secondary N) is 2. The first kappa shape index (κ1) is 17.8. The van der Waals surface area contributed by atoms with Crippen LogP contribution >= 0.6 is 0 Å². The minimum Gasteiger partial charge on any atom is -0.406 e. The highest BCUT2D eigenvalue weighted by Crippen LogP contribution is 2.33. The number of nitrogens with zero attached hydrogens (tertiary/aromatic N) is 1. The molecule has 0 bridgehead atoms. The fraction of sp³-hybridized carbons (Fsp3) is 0.471. The Kier molecular flexibility index (Phi) is 5.29. The summed E-state index contributed by atoms with van der Waals surface area (Å²) in [7, 11) is 1.63. The highest BCUT2D eigenvalue weighted by atomic mass is 19.4. The lowest BCUT2D eigenvalue weighted by molar-refractivity contribution is -0.274. The summed E-state index contributed by atoms with van der Waals surface area (Å²) in [6.45, 7) is 2.09. The standard InChI is InChI=1S/C17H20F3N3O2/c1-24-10-14-7-16(23-22-14)13-6-12(8-21-9-13)11-2-4-15(5-3-11)25-17(18,19)20/h2-5,7,12-13,21H,6,8-10H2,1H3,(H,22,23). The molecule has 0 spiro atoms. The molecule has 136 valence electrons. The van der Waals surface area contributed by atoms with Gasteiger partial charge in [-0.1, -0.05) is 12.1 Å². The van der Waals surface area contributed by atoms with Crippen LogP contribution in [0.3, 0.4) is 0 Å². The van der Waals surface area contributed by atoms with Gasteiger partial charge in [0.05, 0.1) is 18.0 Å². The van der Waals surface area contributed by atoms with Crippen molar-refractivity contribution in [2.45, 2.75) is 31.2 Å². The summed E-state index contributed by atoms with van der Waals surface area (Å²) < 4.78 is 45.7. The fourth-order valence-electron chi connectivity index (χ4n) is 3.18. The zero-order valence-corrected chi connectivity index (χ0v) is 13.8. The summed E-state index contributed by atoms with van der Waals surface area (Å²) in [6, 6.07) is 8.10. The number of aromatic nitrogens is 2. The first-order valence-electron chi connectivity index (χ1n) is 8.04. The molecule has 5 nitrogen and oxygen atoms in total. The molecule has 1 fully saturated rings. The highest BCUT2D eigenvalue weighted by molar-refractivity contribution is 5.31. The summed E-state index contributed by atoms with van der Waals surface area (Å²) in [6.07, 6.45) is -3.79. The van der Waals surface area contributed by atoms with Crippen LogP contribution in [-0.2, 0) is 11.3 Å². The van der Waals surface area contributed by atoms with E-state index in [2.05, 4.69) is 20.3 Å². The van der Waals surface area contributed by atoms with E-state index in [1.807, 2.05) is 6.07 Å². The molecule has 1 aliphatic heterocycles. The second kappa shape index (κ2) is 7.45. The normalized spacial score (nSPS) is 21.3. The molecule has 2 aromatic rings. The Labute approximate surface area is 143 Å². The van der Waals surface area contributed by atoms with Crippen LogP contribution < -0.4 is 10.1 Å². The predicted octanol–water partition coefficient (Wildman–Crippen LogP) is 3.32. The second-order valence-electron chi connectivity index (χ2n) is 6.16. The molecule has 0 saturated carbocycles. The molecule has 0 radical (unpaired) electrons. The quantitative estimate of drug-likeness (QED) is 0.864. The molecule has 1 aliphatic rings. The topological polar surface area (TPSA) is 59.2 Å². The molecule has 1 aromatic heterocycles. The van der Waals surface area contributed by atoms with Crippen molar-refractivity contribution in [3.63, 3.8) is 0 Å². The molecular formula is C17H20F3N3O2. The first-order valence-corrected chi connectivity index (χ1v) is 8.04. The van der Waals surface area contributed by atoms with Gasteiger partial charge in [0.15, 0.2) is 0 Å². The van der Waals surface area contributed by atoms with Gasteiger partial charge in [-0.3, -0.25) is 5.10 Å². The number of alkyl halides is 3. The van der Waals surface area contributed by atoms with Crippen LogP contribution in [-0.4, -0.2) is 36.8 Å². The van der Waals surface area contributed by atoms with Gasteiger partial charge in [0.2, 0.25) is 0 Å². The van der Waals surface area contributed by atoms with Gasteiger partial charge >= 0.3 is 6.36 Å². The van der Waals surface area contributed by atoms with Crippen molar-refractivity contribution in [3.05, 3.63) is 47.3 Å². The third kappa shape index (κ3) is 4.73. The number of hydrogen-bond acceptors (Lipinski definition) is 4. The number of rotatable bonds is 5. The van der Waals surface area contributed by atoms with Gasteiger partial charge in [-0.15, -0.1) is 13.2 Å². The van der Waals surface area contributed by atoms with E-state index < -0.39 is 6.36 Å². The van der Waals surface area contributed by atoms with Gasteiger partial charge in [-0.2, -0.15) is 5.10 Å². The Balaban J connectivity index is 1.66. The molecule has 3 rings (SSSR count). The minimum absolute atomic E-state index is 0.201. The van der Waals surface area contributed by atoms with Gasteiger partial charge < -0.3 is 14.8 Å². The van der Waals surface area contributed by atoms with Crippen molar-refractivity contribution in [2.75, 3.05) is 20.2 Å². The van der Waals surface area contributed by atoms with Gasteiger partial charge in [0.25, 0.3) is 0 Å². The number of benzene rings is 1. The van der Waals surface area contributed by atoms with Crippen LogP contribution in [0.5, 0.6) is 5.75 Å². The fourth-order valence-corrected chi connectivity index (χ4v) is 3.18. The van der Waals surface area contributed by atoms with Crippen molar-refractivity contribution in [3.8, 4) is 5.75 Å². The smallest absolute Gasteiger partial charge is 0.406 e. The lowest BCUT2D eigenvalue weighted by Crippen LogP contribution is -2.34. The van der Waals surface area contributed by atoms with Gasteiger partial charge in [0, 0.05) is 26.1 Å². The maximum absolute atomic E-state index is 12.2. The van der Waals surface area contributed by atoms with Crippen LogP contribution in [0.1, 0.15) is 35.2 Å². The number of halogens is 3. The number of H-pyrrole nitrogens is 1. The van der Waals surface area contributed by atoms with E-state index in [0.29, 0.717) is 6.61 Å². The second-order valence-corrected chi connectivity index (χ2v) is 6.16. The van der Waals surface area contributed by atoms with Crippen molar-refractivity contribution in [1.29, 1.82) is 0 Å². The Morgan fingerprint density at radius 1 is 1.16 bits per heavy atom. The van der Waals surface area contributed by atoms with E-state index >= 15 is 0 Å². The molecule has 8 heteroatoms. The van der Waals surface area contributed by atoms with Gasteiger partial charge in [-0.25, -0.2) is 0 Å². The molecule has 2 heterocycles. The third-order valence-electron chi connectivity index (χ3n) is 4.30. The summed E-state index contributed by atoms with van der Waals surface area (Å²) in [5.74, 6) is 0.251. The average Bonchev–Trinajstić information content (AvgIpc) is 3.03. The molecule has 2 atom stereocenters. The minimum atomic E-state index is -4.67. The van der Waals surface area contributed by atoms with Crippen LogP contribution in [0.2, 0.25) is 0 Å². The molecule has 2 N–H and O–H groups in total. The Morgan fingerprint density at radius 2 is 1.88 bits per heavy atom. The van der Waals surface area contributed by atoms with Crippen molar-refractivity contribution >= 4 is 0 Å². The lowest BCUT2D eigenvalue weighted by atomic mass is 9.84. The lowest BCUT2D eigenvalue weighted by Gasteiger charge is -2.29. The molecule has 25 heavy (non-hydrogen) atoms. The van der Waals surface area contributed by atoms with E-state index in [1.54, 1.807) is 19.2 Å². The summed E-state index contributed by atoms with van der Waals surface area (Å²) in [5.41, 5.74) is 2.88. The van der Waals surface area contributed by atoms with E-state index in [-0.39, 0.29) is 17.6 Å². The Morgan fingerprint density at radius 3 is 2.56 bits per heavy atom. The predicted molar refractivity (Wildman–Crippen MR) is 85.4 cm³/mol. The molecular weight excluding hydrogens is 335 g/mol. The van der Waals surface area contributed by atoms with Crippen molar-refractivity contribution < 1.29 is 22.6 Å². The molecule has 0 aliphatic carbocycles. The number of methoxy groups -OCH3 is 1. The van der Waals surface area contributed by atoms with Crippen molar-refractivity contribution in [1.82, 2.24) is 15.5 Å². The molecule has 2 unspecified atom stereocenters. The zero-order valence-electron chi connectivity index (χ0n) is 13.8. The van der Waals surface area contributed by atoms with E-state index in [1.165, 1.54) is 12.1 Å². The zero-order chi connectivity index (χ0) is 17.9. The van der Waals surface area contributed by atoms with E-state index in [0.717, 1.165) is 36.5 Å². The van der Waals surface area contributed by atoms with Crippen LogP contribution in [0.15, 0.2) is 30.3 Å². The Hall–Kier alpha value is -2.06. The SMILES string of the molecule is COCc1cc(C2CNCC(c3ccc(OC(F)(F)F)cc3)C2)n[nH]1. The van der Waals surface area contributed by atoms with Crippen LogP contribution in [0.4, 0.5) is 13.2 Å². The van der Waals surface area contributed by atoms with E-state index in [9.17, 15) is 13.2 Å². The third-order valence-corrected chi connectivity index (χ3v) is 4.30. The van der Waals surface area contributed by atoms with Crippen LogP contribution in [0.25, 0.3) is 0 Å². The van der Waals surface area contributed by atoms with Crippen molar-refractivity contribution in [2.24, 2.45) is 0 Å². The first-order chi connectivity index (χ1) is 11.9. The molecule has 0 amide bonds. The van der Waals surface area contributed by atoms with Crippen LogP contribution in [0, 0.1) is 0 Å². The van der Waals surface area contributed by atoms with Gasteiger partial charge in [0.1, 0.15) is 5.75 Å². The molecule has 1 aromatic carbocycles. The number of piperidine rings is 1. The largest absolute Gasteiger partial charge is 0.573 e. The molecule has 1 saturated heterocycles. The highest BCUT2D eigenvalue weighted by Gasteiger charge is 2.31. The summed E-state index contributed by atoms with van der Waals surface area (Å²) >= 11 is 0. The summed E-state index contributed by atoms with van der Waals surface area (Å²) in [4.78, 5) is 0. The number of aromatic amines is 1. The maximum atomic E-state index is 12.2. The number of hydrogen-bond donors (Lipinski definition) is 2. The summed E-state index contributed by atoms with van der Waals surface area (Å²) in [5, 5.41) is 10.7. The van der Waals surface area contributed by atoms with E-state index in [4.69, 9.17) is 4.74 Å².